The number of carbonyl (C=O) groups is 3. The number of hydrogen-bond acceptors (Lipinski definition) is 6. The maximum absolute atomic E-state index is 12.8. The minimum Gasteiger partial charge on any atom is -0.462 e. The number of hydrogen-bond donors (Lipinski definition) is 0. The molecule has 0 fully saturated rings. The maximum Gasteiger partial charge on any atom is 0.306 e. The molecule has 0 aliphatic carbocycles. The summed E-state index contributed by atoms with van der Waals surface area (Å²) in [4.78, 5) is 37.9. The maximum atomic E-state index is 12.8. The van der Waals surface area contributed by atoms with Crippen LogP contribution in [0.2, 0.25) is 0 Å². The van der Waals surface area contributed by atoms with E-state index in [1.165, 1.54) is 51.4 Å². The standard InChI is InChI=1S/C57H94O6/c1-4-7-10-13-16-19-22-24-26-27-28-29-31-33-36-38-41-44-47-50-56(59)62-53-54(63-57(60)51-48-45-42-39-34-21-18-15-12-9-6-3)52-61-55(58)49-46-43-40-37-35-32-30-25-23-20-17-14-11-8-5-2/h7,10,15-20,24-26,28-30,33,36,54H,4-6,8-9,11-14,21-23,27,31-32,34-35,37-53H2,1-3H3/b10-7-,18-15-,19-16-,20-17-,26-24-,29-28-,30-25-,36-33-/t54-/m0/s1. The molecule has 0 aromatic carbocycles. The van der Waals surface area contributed by atoms with Crippen LogP contribution < -0.4 is 0 Å². The van der Waals surface area contributed by atoms with Gasteiger partial charge in [-0.25, -0.2) is 0 Å². The highest BCUT2D eigenvalue weighted by Crippen LogP contribution is 2.13. The van der Waals surface area contributed by atoms with Gasteiger partial charge in [-0.3, -0.25) is 14.4 Å². The Balaban J connectivity index is 4.45. The highest BCUT2D eigenvalue weighted by atomic mass is 16.6. The molecule has 0 rings (SSSR count). The molecular formula is C57H94O6. The van der Waals surface area contributed by atoms with Crippen LogP contribution in [0.25, 0.3) is 0 Å². The second-order valence-electron chi connectivity index (χ2n) is 16.7. The molecule has 0 bridgehead atoms. The first-order valence-electron chi connectivity index (χ1n) is 25.7. The van der Waals surface area contributed by atoms with Gasteiger partial charge in [0, 0.05) is 19.3 Å². The fraction of sp³-hybridized carbons (Fsp3) is 0.667. The van der Waals surface area contributed by atoms with Gasteiger partial charge in [0.2, 0.25) is 0 Å². The molecule has 0 aromatic rings. The zero-order valence-electron chi connectivity index (χ0n) is 40.8. The minimum absolute atomic E-state index is 0.100. The summed E-state index contributed by atoms with van der Waals surface area (Å²) in [6, 6.07) is 0. The first-order valence-corrected chi connectivity index (χ1v) is 25.7. The summed E-state index contributed by atoms with van der Waals surface area (Å²) < 4.78 is 16.7. The monoisotopic (exact) mass is 875 g/mol. The second-order valence-corrected chi connectivity index (χ2v) is 16.7. The highest BCUT2D eigenvalue weighted by molar-refractivity contribution is 5.71. The summed E-state index contributed by atoms with van der Waals surface area (Å²) in [7, 11) is 0. The van der Waals surface area contributed by atoms with Gasteiger partial charge in [-0.1, -0.05) is 189 Å². The molecule has 63 heavy (non-hydrogen) atoms. The molecule has 0 spiro atoms. The number of unbranched alkanes of at least 4 members (excludes halogenated alkanes) is 18. The predicted octanol–water partition coefficient (Wildman–Crippen LogP) is 17.0. The lowest BCUT2D eigenvalue weighted by atomic mass is 10.1. The largest absolute Gasteiger partial charge is 0.462 e. The van der Waals surface area contributed by atoms with Crippen LogP contribution >= 0.6 is 0 Å². The van der Waals surface area contributed by atoms with Crippen LogP contribution in [0.1, 0.15) is 226 Å². The van der Waals surface area contributed by atoms with E-state index in [1.807, 2.05) is 0 Å². The molecule has 1 atom stereocenters. The third kappa shape index (κ3) is 49.2. The number of allylic oxidation sites excluding steroid dienone is 16. The molecule has 0 saturated carbocycles. The lowest BCUT2D eigenvalue weighted by Crippen LogP contribution is -2.30. The van der Waals surface area contributed by atoms with Crippen molar-refractivity contribution in [3.8, 4) is 0 Å². The van der Waals surface area contributed by atoms with Gasteiger partial charge < -0.3 is 14.2 Å². The Morgan fingerprint density at radius 2 is 0.635 bits per heavy atom. The van der Waals surface area contributed by atoms with E-state index in [-0.39, 0.29) is 31.1 Å². The van der Waals surface area contributed by atoms with Gasteiger partial charge in [0.25, 0.3) is 0 Å². The van der Waals surface area contributed by atoms with Gasteiger partial charge >= 0.3 is 17.9 Å². The van der Waals surface area contributed by atoms with Gasteiger partial charge in [0.1, 0.15) is 13.2 Å². The molecule has 6 nitrogen and oxygen atoms in total. The van der Waals surface area contributed by atoms with E-state index >= 15 is 0 Å². The zero-order valence-corrected chi connectivity index (χ0v) is 40.8. The predicted molar refractivity (Wildman–Crippen MR) is 270 cm³/mol. The molecule has 0 radical (unpaired) electrons. The first kappa shape index (κ1) is 59.3. The summed E-state index contributed by atoms with van der Waals surface area (Å²) in [6.45, 7) is 6.40. The van der Waals surface area contributed by atoms with Crippen molar-refractivity contribution in [1.82, 2.24) is 0 Å². The van der Waals surface area contributed by atoms with Crippen molar-refractivity contribution >= 4 is 17.9 Å². The van der Waals surface area contributed by atoms with Gasteiger partial charge in [-0.05, 0) is 116 Å². The molecular weight excluding hydrogens is 781 g/mol. The topological polar surface area (TPSA) is 78.9 Å². The molecule has 358 valence electrons. The van der Waals surface area contributed by atoms with E-state index in [2.05, 4.69) is 118 Å². The van der Waals surface area contributed by atoms with E-state index in [0.29, 0.717) is 19.3 Å². The van der Waals surface area contributed by atoms with Crippen molar-refractivity contribution in [2.75, 3.05) is 13.2 Å². The quantitative estimate of drug-likeness (QED) is 0.0262. The summed E-state index contributed by atoms with van der Waals surface area (Å²) in [5, 5.41) is 0. The lowest BCUT2D eigenvalue weighted by molar-refractivity contribution is -0.167. The van der Waals surface area contributed by atoms with Crippen LogP contribution in [0.5, 0.6) is 0 Å². The van der Waals surface area contributed by atoms with E-state index in [4.69, 9.17) is 14.2 Å². The highest BCUT2D eigenvalue weighted by Gasteiger charge is 2.19. The van der Waals surface area contributed by atoms with Crippen LogP contribution in [0.4, 0.5) is 0 Å². The summed E-state index contributed by atoms with van der Waals surface area (Å²) in [5.41, 5.74) is 0. The van der Waals surface area contributed by atoms with Crippen LogP contribution in [-0.2, 0) is 28.6 Å². The molecule has 0 unspecified atom stereocenters. The molecule has 6 heteroatoms. The van der Waals surface area contributed by atoms with Crippen LogP contribution in [0.15, 0.2) is 97.2 Å². The Bertz CT molecular complexity index is 1280. The van der Waals surface area contributed by atoms with Crippen molar-refractivity contribution in [3.05, 3.63) is 97.2 Å². The van der Waals surface area contributed by atoms with Gasteiger partial charge in [0.15, 0.2) is 6.10 Å². The molecule has 0 aliphatic heterocycles. The number of esters is 3. The summed E-state index contributed by atoms with van der Waals surface area (Å²) in [5.74, 6) is -0.960. The molecule has 0 aliphatic rings. The fourth-order valence-corrected chi connectivity index (χ4v) is 6.65. The summed E-state index contributed by atoms with van der Waals surface area (Å²) >= 11 is 0. The van der Waals surface area contributed by atoms with Crippen molar-refractivity contribution in [2.45, 2.75) is 232 Å². The van der Waals surface area contributed by atoms with E-state index < -0.39 is 6.10 Å². The Labute approximate surface area is 387 Å². The van der Waals surface area contributed by atoms with Gasteiger partial charge in [-0.2, -0.15) is 0 Å². The molecule has 0 saturated heterocycles. The Morgan fingerprint density at radius 3 is 1.05 bits per heavy atom. The Hall–Kier alpha value is -3.67. The van der Waals surface area contributed by atoms with Crippen molar-refractivity contribution in [2.24, 2.45) is 0 Å². The zero-order chi connectivity index (χ0) is 45.8. The number of rotatable bonds is 45. The number of ether oxygens (including phenoxy) is 3. The molecule has 0 amide bonds. The Kier molecular flexibility index (Phi) is 48.0. The average molecular weight is 875 g/mol. The lowest BCUT2D eigenvalue weighted by Gasteiger charge is -2.18. The Morgan fingerprint density at radius 1 is 0.333 bits per heavy atom. The average Bonchev–Trinajstić information content (AvgIpc) is 3.28. The third-order valence-electron chi connectivity index (χ3n) is 10.5. The minimum atomic E-state index is -0.801. The molecule has 0 aromatic heterocycles. The van der Waals surface area contributed by atoms with Gasteiger partial charge in [0.05, 0.1) is 0 Å². The fourth-order valence-electron chi connectivity index (χ4n) is 6.65. The SMILES string of the molecule is CC/C=C\C/C=C\C/C=C\C/C=C\C/C=C\CCCCCC(=O)OC[C@H](COC(=O)CCCCCCC/C=C\C/C=C\CCCCC)OC(=O)CCCCCCC/C=C\CCCC. The van der Waals surface area contributed by atoms with Crippen LogP contribution in [0, 0.1) is 0 Å². The van der Waals surface area contributed by atoms with Crippen LogP contribution in [0.3, 0.4) is 0 Å². The van der Waals surface area contributed by atoms with E-state index in [9.17, 15) is 14.4 Å². The van der Waals surface area contributed by atoms with Crippen molar-refractivity contribution in [3.63, 3.8) is 0 Å². The van der Waals surface area contributed by atoms with Crippen molar-refractivity contribution in [1.29, 1.82) is 0 Å². The van der Waals surface area contributed by atoms with E-state index in [0.717, 1.165) is 135 Å². The first-order chi connectivity index (χ1) is 31.0. The van der Waals surface area contributed by atoms with E-state index in [1.54, 1.807) is 0 Å². The van der Waals surface area contributed by atoms with Crippen LogP contribution in [-0.4, -0.2) is 37.2 Å². The number of carbonyl (C=O) groups excluding carboxylic acids is 3. The third-order valence-corrected chi connectivity index (χ3v) is 10.5. The molecule has 0 heterocycles. The smallest absolute Gasteiger partial charge is 0.306 e. The second kappa shape index (κ2) is 51.0. The van der Waals surface area contributed by atoms with Crippen molar-refractivity contribution < 1.29 is 28.6 Å². The van der Waals surface area contributed by atoms with Gasteiger partial charge in [-0.15, -0.1) is 0 Å². The normalized spacial score (nSPS) is 12.9. The summed E-state index contributed by atoms with van der Waals surface area (Å²) in [6.07, 6.45) is 66.7. The molecule has 0 N–H and O–H groups in total.